The third kappa shape index (κ3) is 5.47. The van der Waals surface area contributed by atoms with Gasteiger partial charge in [0.05, 0.1) is 5.75 Å². The SMILES string of the molecule is NS(=O)(=O)CCCC(=O)NC1CCN(c2nc(Nc3cc(C4CC4)[nH]n3)c3cccn3n2)CC1. The summed E-state index contributed by atoms with van der Waals surface area (Å²) < 4.78 is 23.8. The molecule has 1 saturated carbocycles. The van der Waals surface area contributed by atoms with Gasteiger partial charge in [-0.3, -0.25) is 9.89 Å². The highest BCUT2D eigenvalue weighted by Gasteiger charge is 2.26. The Morgan fingerprint density at radius 2 is 2.03 bits per heavy atom. The fourth-order valence-corrected chi connectivity index (χ4v) is 4.78. The normalized spacial score (nSPS) is 17.3. The number of aromatic amines is 1. The van der Waals surface area contributed by atoms with Gasteiger partial charge in [-0.1, -0.05) is 0 Å². The second kappa shape index (κ2) is 9.22. The Kier molecular flexibility index (Phi) is 6.13. The number of nitrogens with two attached hydrogens (primary N) is 1. The van der Waals surface area contributed by atoms with Gasteiger partial charge in [0.1, 0.15) is 5.52 Å². The molecule has 34 heavy (non-hydrogen) atoms. The number of H-pyrrole nitrogens is 1. The van der Waals surface area contributed by atoms with E-state index in [-0.39, 0.29) is 30.5 Å². The standard InChI is InChI=1S/C21H29N9O3S/c22-34(32,33)12-2-4-19(31)23-15-7-10-29(11-8-15)21-25-20(17-3-1-9-30(17)28-21)24-18-13-16(26-27-18)14-5-6-14/h1,3,9,13-15H,2,4-8,10-12H2,(H,23,31)(H2,22,32,33)(H2,24,25,26,27,28). The maximum absolute atomic E-state index is 12.1. The highest BCUT2D eigenvalue weighted by atomic mass is 32.2. The molecule has 1 saturated heterocycles. The van der Waals surface area contributed by atoms with Gasteiger partial charge < -0.3 is 15.5 Å². The summed E-state index contributed by atoms with van der Waals surface area (Å²) in [5.74, 6) is 2.29. The van der Waals surface area contributed by atoms with E-state index < -0.39 is 10.0 Å². The second-order valence-electron chi connectivity index (χ2n) is 9.01. The molecule has 0 aromatic carbocycles. The van der Waals surface area contributed by atoms with E-state index in [1.807, 2.05) is 24.4 Å². The summed E-state index contributed by atoms with van der Waals surface area (Å²) >= 11 is 0. The van der Waals surface area contributed by atoms with Gasteiger partial charge in [-0.2, -0.15) is 10.1 Å². The van der Waals surface area contributed by atoms with Crippen LogP contribution in [-0.2, 0) is 14.8 Å². The number of piperidine rings is 1. The molecular weight excluding hydrogens is 458 g/mol. The summed E-state index contributed by atoms with van der Waals surface area (Å²) in [7, 11) is -3.54. The van der Waals surface area contributed by atoms with Crippen LogP contribution in [0.15, 0.2) is 24.4 Å². The molecule has 1 aliphatic heterocycles. The molecule has 2 aliphatic rings. The number of aromatic nitrogens is 5. The van der Waals surface area contributed by atoms with Crippen molar-refractivity contribution in [2.75, 3.05) is 29.1 Å². The van der Waals surface area contributed by atoms with Gasteiger partial charge in [-0.15, -0.1) is 5.10 Å². The molecule has 3 aromatic rings. The average Bonchev–Trinajstić information content (AvgIpc) is 3.33. The Labute approximate surface area is 197 Å². The van der Waals surface area contributed by atoms with E-state index in [1.54, 1.807) is 4.52 Å². The molecule has 2 fully saturated rings. The van der Waals surface area contributed by atoms with Crippen molar-refractivity contribution in [3.05, 3.63) is 30.1 Å². The van der Waals surface area contributed by atoms with Gasteiger partial charge in [0.25, 0.3) is 0 Å². The third-order valence-electron chi connectivity index (χ3n) is 6.22. The summed E-state index contributed by atoms with van der Waals surface area (Å²) in [5.41, 5.74) is 2.01. The second-order valence-corrected chi connectivity index (χ2v) is 10.7. The molecule has 12 nitrogen and oxygen atoms in total. The number of carbonyl (C=O) groups is 1. The first kappa shape index (κ1) is 22.6. The molecule has 0 radical (unpaired) electrons. The Morgan fingerprint density at radius 3 is 2.76 bits per heavy atom. The maximum atomic E-state index is 12.1. The van der Waals surface area contributed by atoms with Crippen molar-refractivity contribution >= 4 is 39.0 Å². The molecular formula is C21H29N9O3S. The zero-order valence-corrected chi connectivity index (χ0v) is 19.6. The summed E-state index contributed by atoms with van der Waals surface area (Å²) in [6.45, 7) is 1.39. The molecule has 13 heteroatoms. The number of rotatable bonds is 9. The fourth-order valence-electron chi connectivity index (χ4n) is 4.23. The molecule has 5 rings (SSSR count). The van der Waals surface area contributed by atoms with Gasteiger partial charge in [-0.05, 0) is 44.2 Å². The highest BCUT2D eigenvalue weighted by Crippen LogP contribution is 2.39. The summed E-state index contributed by atoms with van der Waals surface area (Å²) in [6, 6.07) is 5.96. The zero-order valence-electron chi connectivity index (χ0n) is 18.8. The van der Waals surface area contributed by atoms with Gasteiger partial charge >= 0.3 is 0 Å². The zero-order chi connectivity index (χ0) is 23.7. The molecule has 5 N–H and O–H groups in total. The summed E-state index contributed by atoms with van der Waals surface area (Å²) in [5, 5.41) is 23.5. The van der Waals surface area contributed by atoms with Gasteiger partial charge in [0, 0.05) is 49.4 Å². The van der Waals surface area contributed by atoms with Crippen molar-refractivity contribution in [3.8, 4) is 0 Å². The van der Waals surface area contributed by atoms with Crippen molar-refractivity contribution < 1.29 is 13.2 Å². The number of primary sulfonamides is 1. The van der Waals surface area contributed by atoms with E-state index in [0.29, 0.717) is 30.8 Å². The summed E-state index contributed by atoms with van der Waals surface area (Å²) in [4.78, 5) is 19.0. The van der Waals surface area contributed by atoms with E-state index in [9.17, 15) is 13.2 Å². The van der Waals surface area contributed by atoms with Crippen LogP contribution >= 0.6 is 0 Å². The van der Waals surface area contributed by atoms with Crippen LogP contribution in [0.2, 0.25) is 0 Å². The lowest BCUT2D eigenvalue weighted by molar-refractivity contribution is -0.121. The van der Waals surface area contributed by atoms with Crippen LogP contribution in [0.5, 0.6) is 0 Å². The Morgan fingerprint density at radius 1 is 1.24 bits per heavy atom. The first-order chi connectivity index (χ1) is 16.3. The van der Waals surface area contributed by atoms with Crippen LogP contribution in [0.4, 0.5) is 17.6 Å². The number of anilines is 3. The Balaban J connectivity index is 1.20. The smallest absolute Gasteiger partial charge is 0.245 e. The lowest BCUT2D eigenvalue weighted by Crippen LogP contribution is -2.45. The summed E-state index contributed by atoms with van der Waals surface area (Å²) in [6.07, 6.45) is 6.17. The number of amides is 1. The molecule has 4 heterocycles. The minimum absolute atomic E-state index is 0.0380. The molecule has 0 atom stereocenters. The van der Waals surface area contributed by atoms with Gasteiger partial charge in [-0.25, -0.2) is 18.1 Å². The lowest BCUT2D eigenvalue weighted by atomic mass is 10.1. The lowest BCUT2D eigenvalue weighted by Gasteiger charge is -2.32. The predicted molar refractivity (Wildman–Crippen MR) is 127 cm³/mol. The van der Waals surface area contributed by atoms with Gasteiger partial charge in [0.15, 0.2) is 11.6 Å². The van der Waals surface area contributed by atoms with Crippen LogP contribution in [0, 0.1) is 0 Å². The number of carbonyl (C=O) groups excluding carboxylic acids is 1. The van der Waals surface area contributed by atoms with Gasteiger partial charge in [0.2, 0.25) is 21.9 Å². The first-order valence-electron chi connectivity index (χ1n) is 11.6. The average molecular weight is 488 g/mol. The number of nitrogens with one attached hydrogen (secondary N) is 3. The topological polar surface area (TPSA) is 163 Å². The minimum atomic E-state index is -3.54. The molecule has 1 amide bonds. The van der Waals surface area contributed by atoms with Crippen molar-refractivity contribution in [1.82, 2.24) is 30.1 Å². The van der Waals surface area contributed by atoms with Crippen LogP contribution in [-0.4, -0.2) is 64.0 Å². The third-order valence-corrected chi connectivity index (χ3v) is 7.07. The number of nitrogens with zero attached hydrogens (tertiary/aromatic N) is 5. The molecule has 182 valence electrons. The van der Waals surface area contributed by atoms with Crippen molar-refractivity contribution in [3.63, 3.8) is 0 Å². The monoisotopic (exact) mass is 487 g/mol. The van der Waals surface area contributed by atoms with E-state index in [0.717, 1.165) is 29.9 Å². The van der Waals surface area contributed by atoms with Crippen molar-refractivity contribution in [1.29, 1.82) is 0 Å². The van der Waals surface area contributed by atoms with E-state index in [2.05, 4.69) is 30.8 Å². The largest absolute Gasteiger partial charge is 0.353 e. The number of sulfonamides is 1. The van der Waals surface area contributed by atoms with Crippen LogP contribution in [0.1, 0.15) is 50.1 Å². The highest BCUT2D eigenvalue weighted by molar-refractivity contribution is 7.89. The Bertz CT molecular complexity index is 1270. The van der Waals surface area contributed by atoms with Crippen molar-refractivity contribution in [2.45, 2.75) is 50.5 Å². The van der Waals surface area contributed by atoms with Crippen LogP contribution in [0.3, 0.4) is 0 Å². The molecule has 0 spiro atoms. The van der Waals surface area contributed by atoms with E-state index in [4.69, 9.17) is 10.1 Å². The molecule has 0 bridgehead atoms. The maximum Gasteiger partial charge on any atom is 0.245 e. The van der Waals surface area contributed by atoms with Crippen molar-refractivity contribution in [2.24, 2.45) is 5.14 Å². The molecule has 1 aliphatic carbocycles. The minimum Gasteiger partial charge on any atom is -0.353 e. The number of hydrogen-bond acceptors (Lipinski definition) is 8. The Hall–Kier alpha value is -3.19. The van der Waals surface area contributed by atoms with Crippen LogP contribution in [0.25, 0.3) is 5.52 Å². The first-order valence-corrected chi connectivity index (χ1v) is 13.3. The van der Waals surface area contributed by atoms with Crippen LogP contribution < -0.4 is 20.7 Å². The number of fused-ring (bicyclic) bond motifs is 1. The quantitative estimate of drug-likeness (QED) is 0.350. The van der Waals surface area contributed by atoms with E-state index in [1.165, 1.54) is 12.8 Å². The molecule has 0 unspecified atom stereocenters. The fraction of sp³-hybridized carbons (Fsp3) is 0.524. The number of hydrogen-bond donors (Lipinski definition) is 4. The molecule has 3 aromatic heterocycles. The predicted octanol–water partition coefficient (Wildman–Crippen LogP) is 1.23. The van der Waals surface area contributed by atoms with E-state index >= 15 is 0 Å².